The van der Waals surface area contributed by atoms with Crippen LogP contribution in [-0.4, -0.2) is 17.1 Å². The van der Waals surface area contributed by atoms with E-state index in [-0.39, 0.29) is 12.3 Å². The van der Waals surface area contributed by atoms with E-state index in [1.807, 2.05) is 0 Å². The minimum absolute atomic E-state index is 0.0213. The maximum Gasteiger partial charge on any atom is 0.371 e. The number of hydrogen-bond donors (Lipinski definition) is 3. The highest BCUT2D eigenvalue weighted by Gasteiger charge is 2.10. The molecule has 1 aromatic heterocycles. The summed E-state index contributed by atoms with van der Waals surface area (Å²) in [6.45, 7) is 1.57. The predicted molar refractivity (Wildman–Crippen MR) is 72.7 cm³/mol. The van der Waals surface area contributed by atoms with Gasteiger partial charge in [0, 0.05) is 11.3 Å². The van der Waals surface area contributed by atoms with Crippen molar-refractivity contribution in [2.24, 2.45) is 0 Å². The summed E-state index contributed by atoms with van der Waals surface area (Å²) in [6, 6.07) is 6.58. The molecule has 0 spiro atoms. The van der Waals surface area contributed by atoms with E-state index in [9.17, 15) is 14.0 Å². The number of urea groups is 1. The number of carbonyl (C=O) groups excluding carboxylic acids is 1. The molecule has 0 bridgehead atoms. The minimum atomic E-state index is -1.18. The van der Waals surface area contributed by atoms with Gasteiger partial charge in [0.15, 0.2) is 0 Å². The van der Waals surface area contributed by atoms with E-state index in [1.54, 1.807) is 13.0 Å². The Balaban J connectivity index is 1.92. The van der Waals surface area contributed by atoms with E-state index in [4.69, 9.17) is 9.52 Å². The second-order valence-electron chi connectivity index (χ2n) is 4.29. The number of carboxylic acid groups (broad SMARTS) is 1. The van der Waals surface area contributed by atoms with E-state index >= 15 is 0 Å². The molecule has 0 saturated heterocycles. The van der Waals surface area contributed by atoms with Crippen molar-refractivity contribution < 1.29 is 23.5 Å². The van der Waals surface area contributed by atoms with Crippen LogP contribution in [0.25, 0.3) is 0 Å². The van der Waals surface area contributed by atoms with Gasteiger partial charge in [-0.2, -0.15) is 0 Å². The van der Waals surface area contributed by atoms with Crippen molar-refractivity contribution >= 4 is 17.7 Å². The Kier molecular flexibility index (Phi) is 4.22. The Labute approximate surface area is 119 Å². The van der Waals surface area contributed by atoms with Crippen LogP contribution in [0.2, 0.25) is 0 Å². The van der Waals surface area contributed by atoms with Gasteiger partial charge < -0.3 is 20.2 Å². The first kappa shape index (κ1) is 14.6. The van der Waals surface area contributed by atoms with Crippen LogP contribution in [0.15, 0.2) is 34.7 Å². The maximum absolute atomic E-state index is 13.3. The lowest BCUT2D eigenvalue weighted by molar-refractivity contribution is 0.0660. The third kappa shape index (κ3) is 3.59. The van der Waals surface area contributed by atoms with Gasteiger partial charge in [0.05, 0.1) is 6.54 Å². The van der Waals surface area contributed by atoms with E-state index in [2.05, 4.69) is 10.6 Å². The number of anilines is 1. The topological polar surface area (TPSA) is 91.6 Å². The molecule has 2 amide bonds. The number of nitrogens with one attached hydrogen (secondary N) is 2. The van der Waals surface area contributed by atoms with Crippen molar-refractivity contribution in [2.75, 3.05) is 5.32 Å². The van der Waals surface area contributed by atoms with Gasteiger partial charge in [0.2, 0.25) is 5.76 Å². The second kappa shape index (κ2) is 6.08. The average molecular weight is 292 g/mol. The summed E-state index contributed by atoms with van der Waals surface area (Å²) in [6.07, 6.45) is 0. The Morgan fingerprint density at radius 3 is 2.71 bits per heavy atom. The van der Waals surface area contributed by atoms with Crippen molar-refractivity contribution in [3.05, 3.63) is 53.2 Å². The van der Waals surface area contributed by atoms with Gasteiger partial charge in [0.1, 0.15) is 11.6 Å². The average Bonchev–Trinajstić information content (AvgIpc) is 2.91. The molecule has 2 rings (SSSR count). The number of hydrogen-bond acceptors (Lipinski definition) is 3. The lowest BCUT2D eigenvalue weighted by Gasteiger charge is -2.09. The first-order valence-electron chi connectivity index (χ1n) is 6.09. The molecular weight excluding hydrogens is 279 g/mol. The van der Waals surface area contributed by atoms with Crippen molar-refractivity contribution in [1.82, 2.24) is 5.32 Å². The second-order valence-corrected chi connectivity index (χ2v) is 4.29. The molecule has 0 radical (unpaired) electrons. The molecule has 21 heavy (non-hydrogen) atoms. The molecule has 0 unspecified atom stereocenters. The molecule has 0 aliphatic carbocycles. The number of halogens is 1. The van der Waals surface area contributed by atoms with Crippen LogP contribution in [-0.2, 0) is 6.54 Å². The van der Waals surface area contributed by atoms with Crippen LogP contribution < -0.4 is 10.6 Å². The Morgan fingerprint density at radius 1 is 1.29 bits per heavy atom. The molecule has 0 fully saturated rings. The van der Waals surface area contributed by atoms with Crippen LogP contribution in [0.5, 0.6) is 0 Å². The number of rotatable bonds is 4. The van der Waals surface area contributed by atoms with Crippen molar-refractivity contribution in [3.8, 4) is 0 Å². The molecular formula is C14H13FN2O4. The summed E-state index contributed by atoms with van der Waals surface area (Å²) in [7, 11) is 0. The third-order valence-corrected chi connectivity index (χ3v) is 2.81. The molecule has 0 aliphatic rings. The summed E-state index contributed by atoms with van der Waals surface area (Å²) >= 11 is 0. The maximum atomic E-state index is 13.3. The Bertz CT molecular complexity index is 681. The Morgan fingerprint density at radius 2 is 2.05 bits per heavy atom. The third-order valence-electron chi connectivity index (χ3n) is 2.81. The molecule has 1 aromatic carbocycles. The number of aromatic carboxylic acids is 1. The number of carbonyl (C=O) groups is 2. The van der Waals surface area contributed by atoms with Gasteiger partial charge in [0.25, 0.3) is 0 Å². The lowest BCUT2D eigenvalue weighted by Crippen LogP contribution is -2.28. The van der Waals surface area contributed by atoms with Crippen molar-refractivity contribution in [3.63, 3.8) is 0 Å². The molecule has 7 heteroatoms. The molecule has 2 aromatic rings. The molecule has 110 valence electrons. The molecule has 3 N–H and O–H groups in total. The fraction of sp³-hybridized carbons (Fsp3) is 0.143. The standard InChI is InChI=1S/C14H13FN2O4/c1-8-10(15)3-2-4-11(8)17-14(20)16-7-9-5-6-12(21-9)13(18)19/h2-6H,7H2,1H3,(H,18,19)(H2,16,17,20). The summed E-state index contributed by atoms with van der Waals surface area (Å²) in [5, 5.41) is 13.7. The summed E-state index contributed by atoms with van der Waals surface area (Å²) in [4.78, 5) is 22.3. The van der Waals surface area contributed by atoms with Crippen molar-refractivity contribution in [2.45, 2.75) is 13.5 Å². The van der Waals surface area contributed by atoms with Gasteiger partial charge in [-0.3, -0.25) is 0 Å². The zero-order valence-electron chi connectivity index (χ0n) is 11.1. The number of benzene rings is 1. The van der Waals surface area contributed by atoms with Gasteiger partial charge in [-0.1, -0.05) is 6.07 Å². The van der Waals surface area contributed by atoms with Crippen LogP contribution >= 0.6 is 0 Å². The minimum Gasteiger partial charge on any atom is -0.475 e. The SMILES string of the molecule is Cc1c(F)cccc1NC(=O)NCc1ccc(C(=O)O)o1. The van der Waals surface area contributed by atoms with Gasteiger partial charge in [-0.05, 0) is 31.2 Å². The normalized spacial score (nSPS) is 10.2. The number of carboxylic acids is 1. The van der Waals surface area contributed by atoms with Crippen LogP contribution in [0.4, 0.5) is 14.9 Å². The number of amides is 2. The molecule has 0 saturated carbocycles. The zero-order chi connectivity index (χ0) is 15.4. The highest BCUT2D eigenvalue weighted by molar-refractivity contribution is 5.90. The first-order valence-corrected chi connectivity index (χ1v) is 6.09. The quantitative estimate of drug-likeness (QED) is 0.808. The van der Waals surface area contributed by atoms with Crippen LogP contribution in [0.3, 0.4) is 0 Å². The van der Waals surface area contributed by atoms with E-state index in [1.165, 1.54) is 24.3 Å². The van der Waals surface area contributed by atoms with E-state index in [0.717, 1.165) is 0 Å². The number of furan rings is 1. The first-order chi connectivity index (χ1) is 9.97. The lowest BCUT2D eigenvalue weighted by atomic mass is 10.2. The van der Waals surface area contributed by atoms with E-state index in [0.29, 0.717) is 17.0 Å². The smallest absolute Gasteiger partial charge is 0.371 e. The monoisotopic (exact) mass is 292 g/mol. The molecule has 0 atom stereocenters. The largest absolute Gasteiger partial charge is 0.475 e. The highest BCUT2D eigenvalue weighted by atomic mass is 19.1. The predicted octanol–water partition coefficient (Wildman–Crippen LogP) is 2.75. The van der Waals surface area contributed by atoms with Crippen LogP contribution in [0, 0.1) is 12.7 Å². The molecule has 1 heterocycles. The van der Waals surface area contributed by atoms with Gasteiger partial charge in [-0.15, -0.1) is 0 Å². The molecule has 0 aliphatic heterocycles. The summed E-state index contributed by atoms with van der Waals surface area (Å²) in [5.41, 5.74) is 0.692. The summed E-state index contributed by atoms with van der Waals surface area (Å²) < 4.78 is 18.3. The molecule has 6 nitrogen and oxygen atoms in total. The van der Waals surface area contributed by atoms with Crippen LogP contribution in [0.1, 0.15) is 21.9 Å². The summed E-state index contributed by atoms with van der Waals surface area (Å²) in [5.74, 6) is -1.49. The van der Waals surface area contributed by atoms with E-state index < -0.39 is 17.8 Å². The van der Waals surface area contributed by atoms with Crippen molar-refractivity contribution in [1.29, 1.82) is 0 Å². The Hall–Kier alpha value is -2.83. The van der Waals surface area contributed by atoms with Gasteiger partial charge >= 0.3 is 12.0 Å². The fourth-order valence-electron chi connectivity index (χ4n) is 1.66. The highest BCUT2D eigenvalue weighted by Crippen LogP contribution is 2.17. The van der Waals surface area contributed by atoms with Gasteiger partial charge in [-0.25, -0.2) is 14.0 Å². The fourth-order valence-corrected chi connectivity index (χ4v) is 1.66. The zero-order valence-corrected chi connectivity index (χ0v) is 11.1.